The van der Waals surface area contributed by atoms with Crippen molar-refractivity contribution in [2.75, 3.05) is 13.7 Å². The van der Waals surface area contributed by atoms with E-state index in [2.05, 4.69) is 16.4 Å². The molecule has 2 rings (SSSR count). The molecule has 0 saturated heterocycles. The zero-order valence-electron chi connectivity index (χ0n) is 21.9. The Balaban J connectivity index is 2.16. The van der Waals surface area contributed by atoms with Crippen molar-refractivity contribution in [2.24, 2.45) is 0 Å². The molecule has 2 aromatic carbocycles. The Bertz CT molecular complexity index is 1200. The number of methoxy groups -OCH3 is 1. The van der Waals surface area contributed by atoms with Gasteiger partial charge in [-0.05, 0) is 31.2 Å². The first-order valence-corrected chi connectivity index (χ1v) is 14.3. The van der Waals surface area contributed by atoms with E-state index in [0.717, 1.165) is 12.0 Å². The quantitative estimate of drug-likeness (QED) is 0.0841. The standard InChI is InChI=1S/C26H28Cl5N3O7/c1-39-25(37)16(9-5-6-12-32)33-24(36)15(34-26(38)40-13-14-7-3-2-4-8-14)10-11-17(35)41-23-21(30)19(28)18(27)20(29)22(23)31/h2-4,7-8,15-16H,5-6,9-13,32H2,1H3,(H,33,36)(H,34,38)/p+1/t15-,16-/m0/s1. The van der Waals surface area contributed by atoms with Gasteiger partial charge in [-0.3, -0.25) is 9.59 Å². The predicted octanol–water partition coefficient (Wildman–Crippen LogP) is 5.00. The Labute approximate surface area is 262 Å². The van der Waals surface area contributed by atoms with Gasteiger partial charge in [0.05, 0.1) is 28.7 Å². The normalized spacial score (nSPS) is 12.2. The summed E-state index contributed by atoms with van der Waals surface area (Å²) in [5, 5.41) is 4.07. The molecule has 0 bridgehead atoms. The second-order valence-electron chi connectivity index (χ2n) is 8.60. The highest BCUT2D eigenvalue weighted by molar-refractivity contribution is 6.55. The van der Waals surface area contributed by atoms with Gasteiger partial charge in [0.25, 0.3) is 0 Å². The van der Waals surface area contributed by atoms with Crippen LogP contribution in [0.5, 0.6) is 5.75 Å². The minimum atomic E-state index is -1.30. The van der Waals surface area contributed by atoms with E-state index in [1.165, 1.54) is 7.11 Å². The minimum absolute atomic E-state index is 0.0615. The second-order valence-corrected chi connectivity index (χ2v) is 10.5. The molecule has 0 radical (unpaired) electrons. The summed E-state index contributed by atoms with van der Waals surface area (Å²) >= 11 is 30.2. The number of carbonyl (C=O) groups excluding carboxylic acids is 4. The summed E-state index contributed by atoms with van der Waals surface area (Å²) in [5.41, 5.74) is 4.48. The molecule has 0 heterocycles. The van der Waals surface area contributed by atoms with E-state index in [1.54, 1.807) is 24.3 Å². The van der Waals surface area contributed by atoms with Gasteiger partial charge in [-0.15, -0.1) is 0 Å². The molecular weight excluding hydrogens is 644 g/mol. The summed E-state index contributed by atoms with van der Waals surface area (Å²) in [4.78, 5) is 50.7. The lowest BCUT2D eigenvalue weighted by atomic mass is 10.1. The Hall–Kier alpha value is -2.47. The molecule has 0 aliphatic carbocycles. The number of rotatable bonds is 14. The van der Waals surface area contributed by atoms with Gasteiger partial charge >= 0.3 is 18.0 Å². The summed E-state index contributed by atoms with van der Waals surface area (Å²) in [7, 11) is 1.20. The van der Waals surface area contributed by atoms with Gasteiger partial charge in [-0.1, -0.05) is 88.3 Å². The molecule has 10 nitrogen and oxygen atoms in total. The number of hydrogen-bond acceptors (Lipinski definition) is 7. The number of amides is 2. The maximum absolute atomic E-state index is 13.2. The largest absolute Gasteiger partial charge is 0.467 e. The smallest absolute Gasteiger partial charge is 0.408 e. The third kappa shape index (κ3) is 10.7. The molecule has 2 aromatic rings. The van der Waals surface area contributed by atoms with Crippen molar-refractivity contribution < 1.29 is 39.1 Å². The molecule has 41 heavy (non-hydrogen) atoms. The fourth-order valence-corrected chi connectivity index (χ4v) is 4.66. The maximum atomic E-state index is 13.2. The fraction of sp³-hybridized carbons (Fsp3) is 0.385. The molecule has 0 fully saturated rings. The zero-order chi connectivity index (χ0) is 30.5. The summed E-state index contributed by atoms with van der Waals surface area (Å²) in [5.74, 6) is -2.59. The average molecular weight is 673 g/mol. The number of nitrogens with one attached hydrogen (secondary N) is 2. The van der Waals surface area contributed by atoms with E-state index < -0.39 is 42.4 Å². The third-order valence-corrected chi connectivity index (χ3v) is 7.88. The number of carbonyl (C=O) groups is 4. The van der Waals surface area contributed by atoms with E-state index in [0.29, 0.717) is 13.0 Å². The Morgan fingerprint density at radius 2 is 1.44 bits per heavy atom. The van der Waals surface area contributed by atoms with E-state index in [4.69, 9.17) is 72.2 Å². The van der Waals surface area contributed by atoms with Crippen LogP contribution in [0.15, 0.2) is 30.3 Å². The molecule has 0 aliphatic rings. The summed E-state index contributed by atoms with van der Waals surface area (Å²) in [6, 6.07) is 6.60. The van der Waals surface area contributed by atoms with Crippen LogP contribution in [0, 0.1) is 0 Å². The molecule has 0 saturated carbocycles. The number of hydrogen-bond donors (Lipinski definition) is 3. The van der Waals surface area contributed by atoms with Gasteiger partial charge in [0.1, 0.15) is 28.7 Å². The van der Waals surface area contributed by atoms with Gasteiger partial charge in [-0.2, -0.15) is 0 Å². The highest BCUT2D eigenvalue weighted by atomic mass is 35.5. The zero-order valence-corrected chi connectivity index (χ0v) is 25.7. The maximum Gasteiger partial charge on any atom is 0.408 e. The molecule has 0 aliphatic heterocycles. The molecule has 0 unspecified atom stereocenters. The number of unbranched alkanes of at least 4 members (excludes halogenated alkanes) is 1. The predicted molar refractivity (Wildman–Crippen MR) is 155 cm³/mol. The van der Waals surface area contributed by atoms with E-state index in [1.807, 2.05) is 6.07 Å². The van der Waals surface area contributed by atoms with Crippen LogP contribution in [0.25, 0.3) is 0 Å². The Morgan fingerprint density at radius 1 is 0.829 bits per heavy atom. The summed E-state index contributed by atoms with van der Waals surface area (Å²) < 4.78 is 15.3. The van der Waals surface area contributed by atoms with Crippen molar-refractivity contribution in [2.45, 2.75) is 50.8 Å². The lowest BCUT2D eigenvalue weighted by Crippen LogP contribution is -2.52. The molecular formula is C26H29Cl5N3O7+. The fourth-order valence-electron chi connectivity index (χ4n) is 3.47. The van der Waals surface area contributed by atoms with Crippen molar-refractivity contribution in [3.63, 3.8) is 0 Å². The number of benzene rings is 2. The molecule has 5 N–H and O–H groups in total. The molecule has 224 valence electrons. The topological polar surface area (TPSA) is 148 Å². The Kier molecular flexibility index (Phi) is 14.8. The van der Waals surface area contributed by atoms with Gasteiger partial charge in [0, 0.05) is 6.42 Å². The summed E-state index contributed by atoms with van der Waals surface area (Å²) in [6.45, 7) is 0.591. The van der Waals surface area contributed by atoms with E-state index in [9.17, 15) is 19.2 Å². The van der Waals surface area contributed by atoms with Crippen molar-refractivity contribution in [3.05, 3.63) is 61.0 Å². The van der Waals surface area contributed by atoms with Gasteiger partial charge in [0.15, 0.2) is 5.75 Å². The second kappa shape index (κ2) is 17.5. The number of ether oxygens (including phenoxy) is 3. The molecule has 15 heteroatoms. The lowest BCUT2D eigenvalue weighted by molar-refractivity contribution is -0.368. The monoisotopic (exact) mass is 670 g/mol. The van der Waals surface area contributed by atoms with E-state index >= 15 is 0 Å². The first kappa shape index (κ1) is 34.7. The van der Waals surface area contributed by atoms with Crippen LogP contribution in [0.2, 0.25) is 25.1 Å². The number of halogens is 5. The number of quaternary nitrogens is 1. The third-order valence-electron chi connectivity index (χ3n) is 5.64. The SMILES string of the molecule is COC(=O)[C@H](CCCC[NH3+])NC(=O)[C@H](CCC(=O)Oc1c(Cl)c(Cl)c(Cl)c(Cl)c1Cl)NC(=O)OCc1ccccc1. The van der Waals surface area contributed by atoms with Crippen molar-refractivity contribution in [1.82, 2.24) is 10.6 Å². The van der Waals surface area contributed by atoms with Crippen LogP contribution < -0.4 is 21.1 Å². The minimum Gasteiger partial charge on any atom is -0.467 e. The van der Waals surface area contributed by atoms with Gasteiger partial charge < -0.3 is 30.6 Å². The first-order valence-electron chi connectivity index (χ1n) is 12.4. The lowest BCUT2D eigenvalue weighted by Gasteiger charge is -2.22. The van der Waals surface area contributed by atoms with Crippen molar-refractivity contribution in [1.29, 1.82) is 0 Å². The molecule has 0 aromatic heterocycles. The van der Waals surface area contributed by atoms with Gasteiger partial charge in [0.2, 0.25) is 5.91 Å². The average Bonchev–Trinajstić information content (AvgIpc) is 2.97. The van der Waals surface area contributed by atoms with Crippen LogP contribution in [0.3, 0.4) is 0 Å². The van der Waals surface area contributed by atoms with Crippen LogP contribution in [-0.2, 0) is 30.5 Å². The van der Waals surface area contributed by atoms with Crippen molar-refractivity contribution in [3.8, 4) is 5.75 Å². The first-order chi connectivity index (χ1) is 19.5. The Morgan fingerprint density at radius 3 is 2.02 bits per heavy atom. The van der Waals surface area contributed by atoms with Crippen LogP contribution in [0.1, 0.15) is 37.7 Å². The number of esters is 2. The summed E-state index contributed by atoms with van der Waals surface area (Å²) in [6.07, 6.45) is 0.0500. The molecule has 2 atom stereocenters. The molecule has 2 amide bonds. The number of alkyl carbamates (subject to hydrolysis) is 1. The molecule has 0 spiro atoms. The van der Waals surface area contributed by atoms with Crippen molar-refractivity contribution >= 4 is 81.9 Å². The van der Waals surface area contributed by atoms with Crippen LogP contribution in [-0.4, -0.2) is 49.7 Å². The highest BCUT2D eigenvalue weighted by Gasteiger charge is 2.29. The van der Waals surface area contributed by atoms with Gasteiger partial charge in [-0.25, -0.2) is 9.59 Å². The highest BCUT2D eigenvalue weighted by Crippen LogP contribution is 2.48. The van der Waals surface area contributed by atoms with Crippen LogP contribution >= 0.6 is 58.0 Å². The van der Waals surface area contributed by atoms with Crippen LogP contribution in [0.4, 0.5) is 4.79 Å². The van der Waals surface area contributed by atoms with E-state index in [-0.39, 0.29) is 50.3 Å².